The topological polar surface area (TPSA) is 58.4 Å². The molecule has 1 amide bonds. The Labute approximate surface area is 105 Å². The van der Waals surface area contributed by atoms with Gasteiger partial charge in [0, 0.05) is 19.1 Å². The number of nitrogens with zero attached hydrogens (tertiary/aromatic N) is 1. The maximum atomic E-state index is 11.8. The van der Waals surface area contributed by atoms with Crippen LogP contribution in [0.4, 0.5) is 0 Å². The summed E-state index contributed by atoms with van der Waals surface area (Å²) in [5.41, 5.74) is 5.80. The van der Waals surface area contributed by atoms with E-state index in [-0.39, 0.29) is 11.9 Å². The zero-order chi connectivity index (χ0) is 12.7. The van der Waals surface area contributed by atoms with Gasteiger partial charge in [-0.15, -0.1) is 0 Å². The van der Waals surface area contributed by atoms with Gasteiger partial charge in [0.15, 0.2) is 0 Å². The fourth-order valence-corrected chi connectivity index (χ4v) is 2.37. The van der Waals surface area contributed by atoms with E-state index in [0.717, 1.165) is 38.8 Å². The van der Waals surface area contributed by atoms with Crippen molar-refractivity contribution in [3.05, 3.63) is 0 Å². The van der Waals surface area contributed by atoms with Crippen LogP contribution in [-0.4, -0.2) is 42.5 Å². The molecule has 0 aromatic carbocycles. The van der Waals surface area contributed by atoms with Crippen molar-refractivity contribution in [1.29, 1.82) is 0 Å². The summed E-state index contributed by atoms with van der Waals surface area (Å²) in [4.78, 5) is 14.2. The van der Waals surface area contributed by atoms with Crippen molar-refractivity contribution < 1.29 is 4.79 Å². The Hall–Kier alpha value is -0.610. The van der Waals surface area contributed by atoms with E-state index < -0.39 is 0 Å². The molecule has 17 heavy (non-hydrogen) atoms. The second kappa shape index (κ2) is 7.67. The maximum Gasteiger partial charge on any atom is 0.237 e. The Morgan fingerprint density at radius 1 is 1.35 bits per heavy atom. The monoisotopic (exact) mass is 241 g/mol. The molecule has 0 aliphatic carbocycles. The number of piperidine rings is 1. The number of carbonyl (C=O) groups is 1. The van der Waals surface area contributed by atoms with Crippen LogP contribution in [-0.2, 0) is 4.79 Å². The summed E-state index contributed by atoms with van der Waals surface area (Å²) in [7, 11) is 0. The molecule has 1 saturated heterocycles. The van der Waals surface area contributed by atoms with E-state index in [1.165, 1.54) is 13.0 Å². The van der Waals surface area contributed by atoms with Crippen molar-refractivity contribution >= 4 is 5.91 Å². The molecule has 1 fully saturated rings. The Morgan fingerprint density at radius 3 is 2.53 bits per heavy atom. The molecule has 100 valence electrons. The third-order valence-corrected chi connectivity index (χ3v) is 3.41. The van der Waals surface area contributed by atoms with Gasteiger partial charge in [-0.25, -0.2) is 0 Å². The molecule has 1 rings (SSSR count). The fraction of sp³-hybridized carbons (Fsp3) is 0.923. The van der Waals surface area contributed by atoms with E-state index in [1.807, 2.05) is 0 Å². The second-order valence-corrected chi connectivity index (χ2v) is 5.02. The number of hydrogen-bond acceptors (Lipinski definition) is 3. The van der Waals surface area contributed by atoms with Gasteiger partial charge in [-0.3, -0.25) is 4.79 Å². The summed E-state index contributed by atoms with van der Waals surface area (Å²) >= 11 is 0. The summed E-state index contributed by atoms with van der Waals surface area (Å²) in [6.45, 7) is 7.63. The Bertz CT molecular complexity index is 225. The van der Waals surface area contributed by atoms with E-state index in [4.69, 9.17) is 5.73 Å². The summed E-state index contributed by atoms with van der Waals surface area (Å²) in [5, 5.41) is 3.08. The van der Waals surface area contributed by atoms with Gasteiger partial charge in [0.05, 0.1) is 6.04 Å². The molecule has 0 radical (unpaired) electrons. The predicted octanol–water partition coefficient (Wildman–Crippen LogP) is 1.10. The van der Waals surface area contributed by atoms with E-state index in [0.29, 0.717) is 6.04 Å². The Kier molecular flexibility index (Phi) is 6.52. The lowest BCUT2D eigenvalue weighted by Crippen LogP contribution is -2.49. The van der Waals surface area contributed by atoms with Gasteiger partial charge in [0.1, 0.15) is 0 Å². The Balaban J connectivity index is 2.23. The van der Waals surface area contributed by atoms with Crippen molar-refractivity contribution in [2.45, 2.75) is 58.0 Å². The lowest BCUT2D eigenvalue weighted by molar-refractivity contribution is -0.123. The van der Waals surface area contributed by atoms with Gasteiger partial charge in [0.25, 0.3) is 0 Å². The summed E-state index contributed by atoms with van der Waals surface area (Å²) in [6, 6.07) is 0.00665. The molecule has 0 unspecified atom stereocenters. The lowest BCUT2D eigenvalue weighted by Gasteiger charge is -2.32. The highest BCUT2D eigenvalue weighted by molar-refractivity contribution is 5.81. The molecule has 3 N–H and O–H groups in total. The molecule has 4 nitrogen and oxygen atoms in total. The zero-order valence-electron chi connectivity index (χ0n) is 11.2. The minimum absolute atomic E-state index is 0.0285. The average molecular weight is 241 g/mol. The van der Waals surface area contributed by atoms with Gasteiger partial charge < -0.3 is 16.0 Å². The maximum absolute atomic E-state index is 11.8. The molecule has 4 heteroatoms. The number of nitrogens with one attached hydrogen (secondary N) is 1. The minimum atomic E-state index is -0.325. The number of carbonyl (C=O) groups excluding carboxylic acids is 1. The number of amides is 1. The first-order chi connectivity index (χ1) is 8.17. The van der Waals surface area contributed by atoms with E-state index in [2.05, 4.69) is 24.1 Å². The van der Waals surface area contributed by atoms with Crippen LogP contribution in [0.1, 0.15) is 46.0 Å². The molecule has 0 spiro atoms. The summed E-state index contributed by atoms with van der Waals surface area (Å²) in [6.07, 6.45) is 5.07. The van der Waals surface area contributed by atoms with Gasteiger partial charge in [-0.05, 0) is 32.2 Å². The number of hydrogen-bond donors (Lipinski definition) is 2. The van der Waals surface area contributed by atoms with Gasteiger partial charge in [0.2, 0.25) is 5.91 Å². The van der Waals surface area contributed by atoms with Crippen molar-refractivity contribution in [1.82, 2.24) is 10.2 Å². The quantitative estimate of drug-likeness (QED) is 0.732. The first-order valence-corrected chi connectivity index (χ1v) is 6.95. The van der Waals surface area contributed by atoms with Crippen LogP contribution in [0.15, 0.2) is 0 Å². The number of rotatable bonds is 6. The standard InChI is InChI=1S/C13H27N3O/c1-3-5-12(14)13(17)15-11-6-9-16(8-4-2)10-7-11/h11-12H,3-10,14H2,1-2H3,(H,15,17)/t12-/m0/s1. The second-order valence-electron chi connectivity index (χ2n) is 5.02. The molecular weight excluding hydrogens is 214 g/mol. The highest BCUT2D eigenvalue weighted by Gasteiger charge is 2.22. The molecule has 1 aliphatic rings. The first-order valence-electron chi connectivity index (χ1n) is 6.95. The largest absolute Gasteiger partial charge is 0.352 e. The third kappa shape index (κ3) is 5.04. The first kappa shape index (κ1) is 14.5. The molecule has 0 aromatic rings. The van der Waals surface area contributed by atoms with Gasteiger partial charge >= 0.3 is 0 Å². The van der Waals surface area contributed by atoms with Crippen LogP contribution in [0.3, 0.4) is 0 Å². The normalized spacial score (nSPS) is 20.2. The Morgan fingerprint density at radius 2 is 2.00 bits per heavy atom. The lowest BCUT2D eigenvalue weighted by atomic mass is 10.0. The minimum Gasteiger partial charge on any atom is -0.352 e. The van der Waals surface area contributed by atoms with E-state index >= 15 is 0 Å². The zero-order valence-corrected chi connectivity index (χ0v) is 11.2. The molecule has 1 heterocycles. The van der Waals surface area contributed by atoms with Crippen molar-refractivity contribution in [2.24, 2.45) is 5.73 Å². The van der Waals surface area contributed by atoms with Crippen molar-refractivity contribution in [3.63, 3.8) is 0 Å². The van der Waals surface area contributed by atoms with Crippen molar-refractivity contribution in [2.75, 3.05) is 19.6 Å². The van der Waals surface area contributed by atoms with Crippen LogP contribution >= 0.6 is 0 Å². The van der Waals surface area contributed by atoms with E-state index in [1.54, 1.807) is 0 Å². The van der Waals surface area contributed by atoms with Crippen LogP contribution in [0.2, 0.25) is 0 Å². The SMILES string of the molecule is CCC[C@H](N)C(=O)NC1CCN(CCC)CC1. The molecular formula is C13H27N3O. The van der Waals surface area contributed by atoms with Crippen LogP contribution in [0.5, 0.6) is 0 Å². The number of nitrogens with two attached hydrogens (primary N) is 1. The summed E-state index contributed by atoms with van der Waals surface area (Å²) < 4.78 is 0. The van der Waals surface area contributed by atoms with Gasteiger partial charge in [-0.2, -0.15) is 0 Å². The highest BCUT2D eigenvalue weighted by Crippen LogP contribution is 2.10. The molecule has 0 aromatic heterocycles. The number of likely N-dealkylation sites (tertiary alicyclic amines) is 1. The molecule has 1 aliphatic heterocycles. The highest BCUT2D eigenvalue weighted by atomic mass is 16.2. The average Bonchev–Trinajstić information content (AvgIpc) is 2.32. The third-order valence-electron chi connectivity index (χ3n) is 3.41. The molecule has 0 saturated carbocycles. The van der Waals surface area contributed by atoms with Crippen LogP contribution in [0.25, 0.3) is 0 Å². The molecule has 0 bridgehead atoms. The molecule has 1 atom stereocenters. The van der Waals surface area contributed by atoms with Crippen LogP contribution < -0.4 is 11.1 Å². The van der Waals surface area contributed by atoms with Gasteiger partial charge in [-0.1, -0.05) is 20.3 Å². The van der Waals surface area contributed by atoms with E-state index in [9.17, 15) is 4.79 Å². The predicted molar refractivity (Wildman–Crippen MR) is 70.8 cm³/mol. The van der Waals surface area contributed by atoms with Crippen LogP contribution in [0, 0.1) is 0 Å². The smallest absolute Gasteiger partial charge is 0.237 e. The summed E-state index contributed by atoms with van der Waals surface area (Å²) in [5.74, 6) is 0.0285. The van der Waals surface area contributed by atoms with Crippen molar-refractivity contribution in [3.8, 4) is 0 Å². The fourth-order valence-electron chi connectivity index (χ4n) is 2.37.